The minimum atomic E-state index is -0.605. The van der Waals surface area contributed by atoms with E-state index >= 15 is 0 Å². The minimum absolute atomic E-state index is 0.210. The molecule has 0 aromatic carbocycles. The molecule has 0 aliphatic carbocycles. The summed E-state index contributed by atoms with van der Waals surface area (Å²) in [5.41, 5.74) is 0. The number of likely N-dealkylation sites (N-methyl/N-ethyl adjacent to an activating group) is 1. The van der Waals surface area contributed by atoms with Crippen molar-refractivity contribution in [3.63, 3.8) is 0 Å². The van der Waals surface area contributed by atoms with Gasteiger partial charge in [-0.25, -0.2) is 14.3 Å². The predicted molar refractivity (Wildman–Crippen MR) is 75.3 cm³/mol. The van der Waals surface area contributed by atoms with E-state index in [0.717, 1.165) is 15.8 Å². The summed E-state index contributed by atoms with van der Waals surface area (Å²) < 4.78 is 6.70. The van der Waals surface area contributed by atoms with E-state index in [1.807, 2.05) is 4.58 Å². The maximum absolute atomic E-state index is 12.6. The molecule has 1 fully saturated rings. The highest BCUT2D eigenvalue weighted by molar-refractivity contribution is 8.13. The second-order valence-corrected chi connectivity index (χ2v) is 5.83. The Kier molecular flexibility index (Phi) is 3.44. The van der Waals surface area contributed by atoms with Crippen LogP contribution in [-0.2, 0) is 14.3 Å². The van der Waals surface area contributed by atoms with E-state index in [1.165, 1.54) is 4.90 Å². The van der Waals surface area contributed by atoms with Gasteiger partial charge in [0.25, 0.3) is 17.8 Å². The molecule has 21 heavy (non-hydrogen) atoms. The molecule has 9 heteroatoms. The van der Waals surface area contributed by atoms with Crippen molar-refractivity contribution in [3.05, 3.63) is 0 Å². The van der Waals surface area contributed by atoms with E-state index in [-0.39, 0.29) is 13.2 Å². The summed E-state index contributed by atoms with van der Waals surface area (Å²) in [4.78, 5) is 43.0. The summed E-state index contributed by atoms with van der Waals surface area (Å²) in [6.45, 7) is 2.23. The van der Waals surface area contributed by atoms with Crippen molar-refractivity contribution in [3.8, 4) is 0 Å². The standard InChI is InChI=1S/C12H15N4O4S/c1-3-20-7(17)6-16-10(18)8-9(14(2)12(16)19)13-11-15(8)4-5-21-11/h8H,3-6H2,1-2H3/q+1. The largest absolute Gasteiger partial charge is 0.465 e. The van der Waals surface area contributed by atoms with Gasteiger partial charge in [0, 0.05) is 12.8 Å². The van der Waals surface area contributed by atoms with E-state index in [0.29, 0.717) is 12.4 Å². The molecular formula is C12H15N4O4S+. The van der Waals surface area contributed by atoms with Crippen molar-refractivity contribution in [2.24, 2.45) is 4.99 Å². The molecule has 0 saturated carbocycles. The van der Waals surface area contributed by atoms with Crippen LogP contribution in [-0.4, -0.2) is 81.8 Å². The lowest BCUT2D eigenvalue weighted by Gasteiger charge is -2.32. The Hall–Kier alpha value is -1.90. The van der Waals surface area contributed by atoms with Gasteiger partial charge in [-0.05, 0) is 23.7 Å². The maximum atomic E-state index is 12.6. The van der Waals surface area contributed by atoms with Crippen molar-refractivity contribution in [2.45, 2.75) is 13.0 Å². The number of amidine groups is 2. The van der Waals surface area contributed by atoms with Gasteiger partial charge in [-0.1, -0.05) is 0 Å². The molecule has 3 heterocycles. The minimum Gasteiger partial charge on any atom is -0.465 e. The molecule has 0 aromatic rings. The van der Waals surface area contributed by atoms with Crippen LogP contribution in [0.4, 0.5) is 4.79 Å². The topological polar surface area (TPSA) is 82.3 Å². The number of imide groups is 1. The third-order valence-electron chi connectivity index (χ3n) is 3.53. The molecule has 3 rings (SSSR count). The molecule has 1 unspecified atom stereocenters. The van der Waals surface area contributed by atoms with Gasteiger partial charge in [-0.2, -0.15) is 0 Å². The van der Waals surface area contributed by atoms with Crippen molar-refractivity contribution < 1.29 is 23.7 Å². The molecule has 1 atom stereocenters. The van der Waals surface area contributed by atoms with Crippen LogP contribution in [0.1, 0.15) is 6.92 Å². The molecule has 0 spiro atoms. The van der Waals surface area contributed by atoms with E-state index in [2.05, 4.69) is 4.99 Å². The number of amides is 3. The van der Waals surface area contributed by atoms with Crippen LogP contribution in [0.5, 0.6) is 0 Å². The van der Waals surface area contributed by atoms with Gasteiger partial charge in [0.2, 0.25) is 0 Å². The first-order chi connectivity index (χ1) is 10.0. The fourth-order valence-corrected chi connectivity index (χ4v) is 3.54. The van der Waals surface area contributed by atoms with Crippen molar-refractivity contribution in [1.82, 2.24) is 9.80 Å². The SMILES string of the molecule is CCOC(=O)CN1C(=O)C2C(=NC3=[N+]2CCS3)N(C)C1=O. The molecule has 0 radical (unpaired) electrons. The third kappa shape index (κ3) is 2.11. The number of carbonyl (C=O) groups excluding carboxylic acids is 3. The average Bonchev–Trinajstić information content (AvgIpc) is 3.01. The van der Waals surface area contributed by atoms with Crippen LogP contribution in [0.3, 0.4) is 0 Å². The normalized spacial score (nSPS) is 24.3. The van der Waals surface area contributed by atoms with Gasteiger partial charge in [-0.3, -0.25) is 14.5 Å². The summed E-state index contributed by atoms with van der Waals surface area (Å²) in [5, 5.41) is 0.765. The lowest BCUT2D eigenvalue weighted by Crippen LogP contribution is -2.63. The lowest BCUT2D eigenvalue weighted by molar-refractivity contribution is -0.525. The maximum Gasteiger partial charge on any atom is 0.358 e. The van der Waals surface area contributed by atoms with Gasteiger partial charge in [0.1, 0.15) is 6.54 Å². The number of fused-ring (bicyclic) bond motifs is 2. The quantitative estimate of drug-likeness (QED) is 0.510. The molecule has 1 saturated heterocycles. The number of hydrogen-bond acceptors (Lipinski definition) is 6. The van der Waals surface area contributed by atoms with Gasteiger partial charge in [0.15, 0.2) is 0 Å². The summed E-state index contributed by atoms with van der Waals surface area (Å²) in [7, 11) is 1.56. The second-order valence-electron chi connectivity index (χ2n) is 4.77. The monoisotopic (exact) mass is 311 g/mol. The fourth-order valence-electron chi connectivity index (χ4n) is 2.55. The number of carbonyl (C=O) groups is 3. The predicted octanol–water partition coefficient (Wildman–Crippen LogP) is -0.660. The third-order valence-corrected chi connectivity index (χ3v) is 4.50. The first-order valence-corrected chi connectivity index (χ1v) is 7.62. The van der Waals surface area contributed by atoms with Crippen molar-refractivity contribution in [2.75, 3.05) is 32.5 Å². The van der Waals surface area contributed by atoms with Crippen LogP contribution in [0.2, 0.25) is 0 Å². The average molecular weight is 311 g/mol. The second kappa shape index (κ2) is 5.14. The number of thioether (sulfide) groups is 1. The van der Waals surface area contributed by atoms with E-state index in [1.54, 1.807) is 25.7 Å². The van der Waals surface area contributed by atoms with Crippen LogP contribution in [0.15, 0.2) is 4.99 Å². The molecule has 8 nitrogen and oxygen atoms in total. The molecule has 0 N–H and O–H groups in total. The molecule has 0 bridgehead atoms. The smallest absolute Gasteiger partial charge is 0.358 e. The first-order valence-electron chi connectivity index (χ1n) is 6.64. The van der Waals surface area contributed by atoms with Crippen LogP contribution in [0, 0.1) is 0 Å². The van der Waals surface area contributed by atoms with E-state index < -0.39 is 23.9 Å². The van der Waals surface area contributed by atoms with Crippen molar-refractivity contribution in [1.29, 1.82) is 0 Å². The molecule has 3 amide bonds. The Morgan fingerprint density at radius 2 is 2.29 bits per heavy atom. The number of rotatable bonds is 3. The van der Waals surface area contributed by atoms with E-state index in [4.69, 9.17) is 4.74 Å². The molecule has 112 valence electrons. The number of nitrogens with zero attached hydrogens (tertiary/aromatic N) is 4. The van der Waals surface area contributed by atoms with Crippen LogP contribution >= 0.6 is 11.8 Å². The van der Waals surface area contributed by atoms with Gasteiger partial charge in [0.05, 0.1) is 13.2 Å². The zero-order chi connectivity index (χ0) is 15.1. The highest BCUT2D eigenvalue weighted by Gasteiger charge is 2.55. The van der Waals surface area contributed by atoms with Gasteiger partial charge >= 0.3 is 17.2 Å². The number of ether oxygens (including phenoxy) is 1. The number of urea groups is 1. The Morgan fingerprint density at radius 1 is 1.52 bits per heavy atom. The molecule has 3 aliphatic rings. The Labute approximate surface area is 125 Å². The lowest BCUT2D eigenvalue weighted by atomic mass is 10.1. The zero-order valence-corrected chi connectivity index (χ0v) is 12.6. The van der Waals surface area contributed by atoms with Crippen LogP contribution < -0.4 is 0 Å². The highest BCUT2D eigenvalue weighted by atomic mass is 32.2. The van der Waals surface area contributed by atoms with Crippen molar-refractivity contribution >= 4 is 40.7 Å². The van der Waals surface area contributed by atoms with Gasteiger partial charge in [-0.15, -0.1) is 0 Å². The van der Waals surface area contributed by atoms with Gasteiger partial charge < -0.3 is 4.74 Å². The Bertz CT molecular complexity index is 600. The summed E-state index contributed by atoms with van der Waals surface area (Å²) in [6, 6.07) is -1.15. The molecule has 3 aliphatic heterocycles. The fraction of sp³-hybridized carbons (Fsp3) is 0.583. The first kappa shape index (κ1) is 14.1. The number of aliphatic imine (C=N–C) groups is 1. The Balaban J connectivity index is 1.88. The molecule has 0 aromatic heterocycles. The van der Waals surface area contributed by atoms with E-state index in [9.17, 15) is 14.4 Å². The number of hydrogen-bond donors (Lipinski definition) is 0. The summed E-state index contributed by atoms with van der Waals surface area (Å²) >= 11 is 1.56. The summed E-state index contributed by atoms with van der Waals surface area (Å²) in [6.07, 6.45) is 0. The Morgan fingerprint density at radius 3 is 3.00 bits per heavy atom. The zero-order valence-electron chi connectivity index (χ0n) is 11.7. The number of esters is 1. The summed E-state index contributed by atoms with van der Waals surface area (Å²) in [5.74, 6) is 0.298. The highest BCUT2D eigenvalue weighted by Crippen LogP contribution is 2.26. The van der Waals surface area contributed by atoms with Crippen LogP contribution in [0.25, 0.3) is 0 Å². The molecular weight excluding hydrogens is 296 g/mol.